The first-order valence-corrected chi connectivity index (χ1v) is 5.45. The summed E-state index contributed by atoms with van der Waals surface area (Å²) in [5.41, 5.74) is 6.25. The molecule has 5 N–H and O–H groups in total. The van der Waals surface area contributed by atoms with Crippen molar-refractivity contribution in [2.45, 2.75) is 39.0 Å². The summed E-state index contributed by atoms with van der Waals surface area (Å²) in [6.45, 7) is 4.39. The van der Waals surface area contributed by atoms with Crippen molar-refractivity contribution < 1.29 is 10.2 Å². The lowest BCUT2D eigenvalue weighted by molar-refractivity contribution is 0.168. The van der Waals surface area contributed by atoms with Crippen LogP contribution in [-0.2, 0) is 6.54 Å². The Balaban J connectivity index is 2.66. The smallest absolute Gasteiger partial charge is 0.147 e. The second kappa shape index (κ2) is 5.72. The molecule has 0 aliphatic carbocycles. The van der Waals surface area contributed by atoms with Gasteiger partial charge in [0.1, 0.15) is 5.82 Å². The quantitative estimate of drug-likeness (QED) is 0.551. The van der Waals surface area contributed by atoms with Crippen LogP contribution in [-0.4, -0.2) is 38.7 Å². The van der Waals surface area contributed by atoms with Crippen molar-refractivity contribution >= 4 is 11.5 Å². The molecule has 0 spiro atoms. The van der Waals surface area contributed by atoms with E-state index in [1.54, 1.807) is 11.6 Å². The van der Waals surface area contributed by atoms with Crippen LogP contribution < -0.4 is 11.1 Å². The van der Waals surface area contributed by atoms with E-state index < -0.39 is 12.2 Å². The average Bonchev–Trinajstić information content (AvgIpc) is 2.56. The molecule has 0 fully saturated rings. The monoisotopic (exact) mass is 228 g/mol. The third kappa shape index (κ3) is 3.39. The molecule has 92 valence electrons. The van der Waals surface area contributed by atoms with Crippen molar-refractivity contribution in [2.75, 3.05) is 17.6 Å². The lowest BCUT2D eigenvalue weighted by atomic mass is 10.3. The highest BCUT2D eigenvalue weighted by molar-refractivity contribution is 5.60. The van der Waals surface area contributed by atoms with E-state index >= 15 is 0 Å². The third-order valence-corrected chi connectivity index (χ3v) is 2.28. The number of nitrogens with one attached hydrogen (secondary N) is 1. The highest BCUT2D eigenvalue weighted by Crippen LogP contribution is 2.17. The molecule has 0 saturated heterocycles. The second-order valence-electron chi connectivity index (χ2n) is 3.92. The first-order valence-electron chi connectivity index (χ1n) is 5.45. The second-order valence-corrected chi connectivity index (χ2v) is 3.92. The van der Waals surface area contributed by atoms with Crippen molar-refractivity contribution in [2.24, 2.45) is 0 Å². The molecule has 0 aliphatic rings. The molecule has 0 radical (unpaired) electrons. The molecule has 0 saturated carbocycles. The zero-order valence-electron chi connectivity index (χ0n) is 9.72. The minimum Gasteiger partial charge on any atom is -0.394 e. The van der Waals surface area contributed by atoms with Gasteiger partial charge < -0.3 is 21.3 Å². The number of nitrogens with zero attached hydrogens (tertiary/aromatic N) is 2. The molecule has 0 amide bonds. The summed E-state index contributed by atoms with van der Waals surface area (Å²) in [6.07, 6.45) is 1.31. The predicted octanol–water partition coefficient (Wildman–Crippen LogP) is 0.0289. The van der Waals surface area contributed by atoms with Gasteiger partial charge in [-0.15, -0.1) is 0 Å². The number of hydrogen-bond donors (Lipinski definition) is 4. The Labute approximate surface area is 95.1 Å². The number of nitrogens with two attached hydrogens (primary N) is 1. The van der Waals surface area contributed by atoms with Gasteiger partial charge in [0, 0.05) is 6.54 Å². The van der Waals surface area contributed by atoms with E-state index in [0.717, 1.165) is 0 Å². The van der Waals surface area contributed by atoms with Crippen molar-refractivity contribution in [3.05, 3.63) is 6.20 Å². The molecule has 1 heterocycles. The summed E-state index contributed by atoms with van der Waals surface area (Å²) < 4.78 is 1.60. The minimum atomic E-state index is -0.490. The van der Waals surface area contributed by atoms with E-state index in [4.69, 9.17) is 5.73 Å². The van der Waals surface area contributed by atoms with Crippen LogP contribution in [0, 0.1) is 0 Å². The van der Waals surface area contributed by atoms with Gasteiger partial charge in [0.2, 0.25) is 0 Å². The maximum Gasteiger partial charge on any atom is 0.147 e. The highest BCUT2D eigenvalue weighted by atomic mass is 16.3. The fraction of sp³-hybridized carbons (Fsp3) is 0.700. The normalized spacial score (nSPS) is 14.8. The number of anilines is 2. The molecule has 0 aromatic carbocycles. The Bertz CT molecular complexity index is 325. The molecule has 16 heavy (non-hydrogen) atoms. The summed E-state index contributed by atoms with van der Waals surface area (Å²) in [5.74, 6) is 0.647. The van der Waals surface area contributed by atoms with Crippen LogP contribution in [0.1, 0.15) is 20.3 Å². The van der Waals surface area contributed by atoms with Gasteiger partial charge in [-0.05, 0) is 13.3 Å². The van der Waals surface area contributed by atoms with Crippen molar-refractivity contribution in [3.63, 3.8) is 0 Å². The Kier molecular flexibility index (Phi) is 4.57. The summed E-state index contributed by atoms with van der Waals surface area (Å²) in [5, 5.41) is 25.8. The zero-order valence-corrected chi connectivity index (χ0v) is 9.72. The van der Waals surface area contributed by atoms with E-state index in [0.29, 0.717) is 31.0 Å². The van der Waals surface area contributed by atoms with Crippen LogP contribution in [0.25, 0.3) is 0 Å². The highest BCUT2D eigenvalue weighted by Gasteiger charge is 2.10. The Morgan fingerprint density at radius 1 is 1.56 bits per heavy atom. The number of aliphatic hydroxyl groups is 2. The van der Waals surface area contributed by atoms with Gasteiger partial charge in [-0.2, -0.15) is 5.10 Å². The van der Waals surface area contributed by atoms with Crippen LogP contribution >= 0.6 is 0 Å². The number of aromatic nitrogens is 2. The average molecular weight is 228 g/mol. The first-order chi connectivity index (χ1) is 7.54. The Morgan fingerprint density at radius 3 is 2.81 bits per heavy atom. The molecule has 0 bridgehead atoms. The lowest BCUT2D eigenvalue weighted by Crippen LogP contribution is -2.22. The maximum absolute atomic E-state index is 9.44. The van der Waals surface area contributed by atoms with Gasteiger partial charge in [0.25, 0.3) is 0 Å². The van der Waals surface area contributed by atoms with Gasteiger partial charge >= 0.3 is 0 Å². The molecule has 1 rings (SSSR count). The van der Waals surface area contributed by atoms with E-state index in [-0.39, 0.29) is 0 Å². The van der Waals surface area contributed by atoms with E-state index in [1.165, 1.54) is 6.20 Å². The number of nitrogen functional groups attached to an aromatic ring is 1. The van der Waals surface area contributed by atoms with E-state index in [9.17, 15) is 10.2 Å². The molecule has 6 nitrogen and oxygen atoms in total. The van der Waals surface area contributed by atoms with Crippen LogP contribution in [0.4, 0.5) is 11.5 Å². The molecule has 0 aliphatic heterocycles. The molecule has 2 atom stereocenters. The number of rotatable bonds is 6. The first kappa shape index (κ1) is 12.8. The zero-order chi connectivity index (χ0) is 12.1. The fourth-order valence-corrected chi connectivity index (χ4v) is 1.34. The lowest BCUT2D eigenvalue weighted by Gasteiger charge is -2.14. The van der Waals surface area contributed by atoms with Crippen molar-refractivity contribution in [3.8, 4) is 0 Å². The fourth-order valence-electron chi connectivity index (χ4n) is 1.34. The maximum atomic E-state index is 9.44. The summed E-state index contributed by atoms with van der Waals surface area (Å²) >= 11 is 0. The largest absolute Gasteiger partial charge is 0.394 e. The molecular formula is C10H20N4O2. The van der Waals surface area contributed by atoms with Gasteiger partial charge in [-0.3, -0.25) is 0 Å². The van der Waals surface area contributed by atoms with Crippen LogP contribution in [0.2, 0.25) is 0 Å². The van der Waals surface area contributed by atoms with Crippen LogP contribution in [0.15, 0.2) is 6.20 Å². The third-order valence-electron chi connectivity index (χ3n) is 2.28. The molecule has 1 aromatic rings. The molecule has 6 heteroatoms. The van der Waals surface area contributed by atoms with E-state index in [2.05, 4.69) is 10.4 Å². The van der Waals surface area contributed by atoms with Gasteiger partial charge in [0.05, 0.1) is 30.6 Å². The topological polar surface area (TPSA) is 96.3 Å². The number of aliphatic hydroxyl groups excluding tert-OH is 2. The van der Waals surface area contributed by atoms with Gasteiger partial charge in [-0.25, -0.2) is 4.68 Å². The summed E-state index contributed by atoms with van der Waals surface area (Å²) in [7, 11) is 0. The molecule has 1 aromatic heterocycles. The predicted molar refractivity (Wildman–Crippen MR) is 63.1 cm³/mol. The SMILES string of the molecule is CCC(O)CNc1c(N)cnn1CC(C)O. The standard InChI is InChI=1S/C10H20N4O2/c1-3-8(16)4-12-10-9(11)5-13-14(10)6-7(2)15/h5,7-8,12,15-16H,3-4,6,11H2,1-2H3. The van der Waals surface area contributed by atoms with Gasteiger partial charge in [-0.1, -0.05) is 6.92 Å². The van der Waals surface area contributed by atoms with Crippen molar-refractivity contribution in [1.29, 1.82) is 0 Å². The van der Waals surface area contributed by atoms with Crippen LogP contribution in [0.5, 0.6) is 0 Å². The van der Waals surface area contributed by atoms with Crippen LogP contribution in [0.3, 0.4) is 0 Å². The Hall–Kier alpha value is -1.27. The minimum absolute atomic E-state index is 0.377. The van der Waals surface area contributed by atoms with Crippen molar-refractivity contribution in [1.82, 2.24) is 9.78 Å². The summed E-state index contributed by atoms with van der Waals surface area (Å²) in [6, 6.07) is 0. The van der Waals surface area contributed by atoms with E-state index in [1.807, 2.05) is 6.92 Å². The number of hydrogen-bond acceptors (Lipinski definition) is 5. The molecular weight excluding hydrogens is 208 g/mol. The summed E-state index contributed by atoms with van der Waals surface area (Å²) in [4.78, 5) is 0. The molecule has 2 unspecified atom stereocenters. The Morgan fingerprint density at radius 2 is 2.25 bits per heavy atom. The van der Waals surface area contributed by atoms with Gasteiger partial charge in [0.15, 0.2) is 0 Å².